The summed E-state index contributed by atoms with van der Waals surface area (Å²) < 4.78 is 0. The van der Waals surface area contributed by atoms with Crippen LogP contribution in [-0.2, 0) is 4.79 Å². The summed E-state index contributed by atoms with van der Waals surface area (Å²) >= 11 is 1.35. The summed E-state index contributed by atoms with van der Waals surface area (Å²) in [6.45, 7) is 1.99. The first-order valence-corrected chi connectivity index (χ1v) is 8.07. The summed E-state index contributed by atoms with van der Waals surface area (Å²) in [5.74, 6) is -0.314. The summed E-state index contributed by atoms with van der Waals surface area (Å²) in [5.41, 5.74) is 2.19. The predicted octanol–water partition coefficient (Wildman–Crippen LogP) is 2.78. The van der Waals surface area contributed by atoms with E-state index >= 15 is 0 Å². The van der Waals surface area contributed by atoms with Gasteiger partial charge in [0, 0.05) is 19.8 Å². The number of nitrogens with one attached hydrogen (secondary N) is 1. The highest BCUT2D eigenvalue weighted by molar-refractivity contribution is 8.26. The van der Waals surface area contributed by atoms with Gasteiger partial charge in [-0.1, -0.05) is 19.1 Å². The number of amidine groups is 2. The number of carbonyl (C=O) groups excluding carboxylic acids is 1. The quantitative estimate of drug-likeness (QED) is 0.867. The Kier molecular flexibility index (Phi) is 4.04. The van der Waals surface area contributed by atoms with E-state index < -0.39 is 5.91 Å². The number of fused-ring (bicyclic) bond motifs is 1. The zero-order valence-corrected chi connectivity index (χ0v) is 14.0. The summed E-state index contributed by atoms with van der Waals surface area (Å²) in [6, 6.07) is 7.78. The molecule has 0 bridgehead atoms. The number of rotatable bonds is 3. The van der Waals surface area contributed by atoms with E-state index in [1.165, 1.54) is 16.8 Å². The Morgan fingerprint density at radius 2 is 2.00 bits per heavy atom. The van der Waals surface area contributed by atoms with Crippen molar-refractivity contribution in [2.45, 2.75) is 13.3 Å². The largest absolute Gasteiger partial charge is 0.378 e. The number of anilines is 1. The van der Waals surface area contributed by atoms with Crippen LogP contribution in [0.4, 0.5) is 5.69 Å². The molecule has 1 aromatic rings. The molecule has 0 aliphatic carbocycles. The third-order valence-corrected chi connectivity index (χ3v) is 4.57. The van der Waals surface area contributed by atoms with Gasteiger partial charge in [-0.3, -0.25) is 10.2 Å². The van der Waals surface area contributed by atoms with Crippen LogP contribution in [0.15, 0.2) is 39.9 Å². The van der Waals surface area contributed by atoms with Crippen molar-refractivity contribution in [3.05, 3.63) is 35.4 Å². The van der Waals surface area contributed by atoms with Crippen molar-refractivity contribution in [1.29, 1.82) is 5.41 Å². The van der Waals surface area contributed by atoms with Gasteiger partial charge in [-0.2, -0.15) is 15.1 Å². The van der Waals surface area contributed by atoms with Crippen LogP contribution >= 0.6 is 11.8 Å². The first kappa shape index (κ1) is 15.5. The second-order valence-corrected chi connectivity index (χ2v) is 6.39. The molecule has 6 nitrogen and oxygen atoms in total. The molecule has 0 unspecified atom stereocenters. The summed E-state index contributed by atoms with van der Waals surface area (Å²) in [7, 11) is 3.94. The average molecular weight is 327 g/mol. The molecule has 0 spiro atoms. The number of hydrazone groups is 1. The van der Waals surface area contributed by atoms with E-state index in [2.05, 4.69) is 10.1 Å². The Morgan fingerprint density at radius 1 is 1.30 bits per heavy atom. The van der Waals surface area contributed by atoms with Crippen molar-refractivity contribution in [3.63, 3.8) is 0 Å². The van der Waals surface area contributed by atoms with Gasteiger partial charge in [0.1, 0.15) is 5.04 Å². The summed E-state index contributed by atoms with van der Waals surface area (Å²) in [5, 5.41) is 15.4. The normalized spacial score (nSPS) is 18.9. The fourth-order valence-electron chi connectivity index (χ4n) is 2.21. The first-order valence-electron chi connectivity index (χ1n) is 7.26. The van der Waals surface area contributed by atoms with Crippen molar-refractivity contribution >= 4 is 45.5 Å². The third kappa shape index (κ3) is 2.92. The molecule has 7 heteroatoms. The van der Waals surface area contributed by atoms with Crippen LogP contribution in [-0.4, -0.2) is 41.1 Å². The lowest BCUT2D eigenvalue weighted by Gasteiger charge is -2.20. The van der Waals surface area contributed by atoms with Gasteiger partial charge in [-0.05, 0) is 42.0 Å². The Morgan fingerprint density at radius 3 is 2.61 bits per heavy atom. The molecule has 1 N–H and O–H groups in total. The Labute approximate surface area is 139 Å². The molecule has 0 atom stereocenters. The lowest BCUT2D eigenvalue weighted by molar-refractivity contribution is -0.114. The Balaban J connectivity index is 1.92. The van der Waals surface area contributed by atoms with E-state index in [0.717, 1.165) is 22.7 Å². The van der Waals surface area contributed by atoms with Crippen molar-refractivity contribution in [2.24, 2.45) is 10.1 Å². The highest BCUT2D eigenvalue weighted by Gasteiger charge is 2.34. The number of thioether (sulfide) groups is 1. The topological polar surface area (TPSA) is 72.1 Å². The smallest absolute Gasteiger partial charge is 0.283 e. The average Bonchev–Trinajstić information content (AvgIpc) is 2.95. The number of benzene rings is 1. The van der Waals surface area contributed by atoms with Crippen molar-refractivity contribution in [2.75, 3.05) is 19.0 Å². The second kappa shape index (κ2) is 6.00. The van der Waals surface area contributed by atoms with Crippen LogP contribution in [0.2, 0.25) is 0 Å². The van der Waals surface area contributed by atoms with E-state index in [1.807, 2.05) is 50.2 Å². The molecule has 0 radical (unpaired) electrons. The van der Waals surface area contributed by atoms with Crippen molar-refractivity contribution in [1.82, 2.24) is 5.01 Å². The maximum absolute atomic E-state index is 12.2. The molecule has 0 fully saturated rings. The second-order valence-electron chi connectivity index (χ2n) is 5.35. The van der Waals surface area contributed by atoms with Crippen LogP contribution in [0.5, 0.6) is 0 Å². The minimum Gasteiger partial charge on any atom is -0.378 e. The third-order valence-electron chi connectivity index (χ3n) is 3.52. The van der Waals surface area contributed by atoms with Crippen molar-refractivity contribution < 1.29 is 4.79 Å². The summed E-state index contributed by atoms with van der Waals surface area (Å²) in [6.07, 6.45) is 2.45. The molecular weight excluding hydrogens is 310 g/mol. The number of nitrogens with zero attached hydrogens (tertiary/aromatic N) is 4. The van der Waals surface area contributed by atoms with Gasteiger partial charge in [0.15, 0.2) is 5.84 Å². The number of hydrogen-bond donors (Lipinski definition) is 1. The highest BCUT2D eigenvalue weighted by Crippen LogP contribution is 2.29. The molecule has 2 heterocycles. The van der Waals surface area contributed by atoms with E-state index in [0.29, 0.717) is 5.17 Å². The van der Waals surface area contributed by atoms with E-state index in [-0.39, 0.29) is 11.4 Å². The minimum atomic E-state index is -0.391. The molecular formula is C16H17N5OS. The van der Waals surface area contributed by atoms with Gasteiger partial charge >= 0.3 is 0 Å². The number of carbonyl (C=O) groups is 1. The van der Waals surface area contributed by atoms with Gasteiger partial charge in [-0.25, -0.2) is 0 Å². The molecule has 0 saturated carbocycles. The molecule has 23 heavy (non-hydrogen) atoms. The zero-order chi connectivity index (χ0) is 16.6. The van der Waals surface area contributed by atoms with Crippen LogP contribution in [0.25, 0.3) is 6.08 Å². The van der Waals surface area contributed by atoms with Gasteiger partial charge in [0.2, 0.25) is 5.17 Å². The molecule has 1 aromatic carbocycles. The maximum atomic E-state index is 12.2. The molecule has 0 saturated heterocycles. The standard InChI is InChI=1S/C16H17N5OS/c1-4-13-19-21-14(17)12(15(22)18-16(21)23-13)9-10-5-7-11(8-6-10)20(2)3/h5-9,17H,4H2,1-3H3/b12-9-,17-14?. The molecule has 2 aliphatic heterocycles. The number of hydrogen-bond acceptors (Lipinski definition) is 5. The predicted molar refractivity (Wildman–Crippen MR) is 96.1 cm³/mol. The van der Waals surface area contributed by atoms with Gasteiger partial charge in [0.05, 0.1) is 5.57 Å². The van der Waals surface area contributed by atoms with Crippen LogP contribution in [0.1, 0.15) is 18.9 Å². The molecule has 1 amide bonds. The van der Waals surface area contributed by atoms with E-state index in [9.17, 15) is 4.79 Å². The Hall–Kier alpha value is -2.41. The van der Waals surface area contributed by atoms with Gasteiger partial charge in [-0.15, -0.1) is 0 Å². The number of amides is 1. The van der Waals surface area contributed by atoms with E-state index in [4.69, 9.17) is 5.41 Å². The van der Waals surface area contributed by atoms with Crippen LogP contribution < -0.4 is 4.90 Å². The molecule has 2 aliphatic rings. The molecule has 0 aromatic heterocycles. The molecule has 118 valence electrons. The number of aliphatic imine (C=N–C) groups is 1. The van der Waals surface area contributed by atoms with Crippen LogP contribution in [0, 0.1) is 5.41 Å². The maximum Gasteiger partial charge on any atom is 0.283 e. The van der Waals surface area contributed by atoms with Crippen LogP contribution in [0.3, 0.4) is 0 Å². The van der Waals surface area contributed by atoms with Gasteiger partial charge < -0.3 is 4.90 Å². The Bertz CT molecular complexity index is 761. The molecule has 3 rings (SSSR count). The first-order chi connectivity index (χ1) is 11.0. The SMILES string of the molecule is CCC1=NN2C(=N)/C(=C/c3ccc(N(C)C)cc3)C(=O)N=C2S1. The van der Waals surface area contributed by atoms with E-state index in [1.54, 1.807) is 6.08 Å². The lowest BCUT2D eigenvalue weighted by atomic mass is 10.1. The zero-order valence-electron chi connectivity index (χ0n) is 13.2. The fourth-order valence-corrected chi connectivity index (χ4v) is 3.03. The highest BCUT2D eigenvalue weighted by atomic mass is 32.2. The van der Waals surface area contributed by atoms with Crippen molar-refractivity contribution in [3.8, 4) is 0 Å². The monoisotopic (exact) mass is 327 g/mol. The van der Waals surface area contributed by atoms with Gasteiger partial charge in [0.25, 0.3) is 5.91 Å². The fraction of sp³-hybridized carbons (Fsp3) is 0.250. The summed E-state index contributed by atoms with van der Waals surface area (Å²) in [4.78, 5) is 18.3. The lowest BCUT2D eigenvalue weighted by Crippen LogP contribution is -2.35. The minimum absolute atomic E-state index is 0.0765.